The van der Waals surface area contributed by atoms with Gasteiger partial charge < -0.3 is 10.6 Å². The molecule has 1 heterocycles. The fourth-order valence-electron chi connectivity index (χ4n) is 3.18. The number of nitrogens with one attached hydrogen (secondary N) is 2. The van der Waals surface area contributed by atoms with Gasteiger partial charge in [-0.15, -0.1) is 12.4 Å². The van der Waals surface area contributed by atoms with Gasteiger partial charge in [-0.25, -0.2) is 8.78 Å². The number of benzene rings is 1. The Bertz CT molecular complexity index is 560. The Balaban J connectivity index is 0.00000288. The molecule has 2 N–H and O–H groups in total. The van der Waals surface area contributed by atoms with Crippen molar-refractivity contribution in [3.63, 3.8) is 0 Å². The molecule has 1 fully saturated rings. The largest absolute Gasteiger partial charge is 0.347 e. The molecular weight excluding hydrogens is 334 g/mol. The first kappa shape index (κ1) is 20.8. The van der Waals surface area contributed by atoms with Crippen molar-refractivity contribution in [1.82, 2.24) is 10.6 Å². The first-order chi connectivity index (χ1) is 10.8. The van der Waals surface area contributed by atoms with Gasteiger partial charge in [0.1, 0.15) is 0 Å². The number of rotatable bonds is 5. The van der Waals surface area contributed by atoms with Crippen molar-refractivity contribution in [2.24, 2.45) is 11.8 Å². The molecule has 2 rings (SSSR count). The van der Waals surface area contributed by atoms with Gasteiger partial charge in [0.2, 0.25) is 5.91 Å². The maximum absolute atomic E-state index is 13.4. The van der Waals surface area contributed by atoms with Crippen molar-refractivity contribution in [2.45, 2.75) is 45.6 Å². The summed E-state index contributed by atoms with van der Waals surface area (Å²) < 4.78 is 26.5. The van der Waals surface area contributed by atoms with Gasteiger partial charge in [-0.3, -0.25) is 4.79 Å². The van der Waals surface area contributed by atoms with E-state index in [2.05, 4.69) is 17.6 Å². The second-order valence-corrected chi connectivity index (χ2v) is 7.09. The lowest BCUT2D eigenvalue weighted by molar-refractivity contribution is -0.124. The summed E-state index contributed by atoms with van der Waals surface area (Å²) in [4.78, 5) is 12.3. The zero-order valence-corrected chi connectivity index (χ0v) is 15.3. The topological polar surface area (TPSA) is 41.1 Å². The predicted molar refractivity (Wildman–Crippen MR) is 94.1 cm³/mol. The highest BCUT2D eigenvalue weighted by atomic mass is 35.5. The Morgan fingerprint density at radius 3 is 2.67 bits per heavy atom. The molecule has 0 spiro atoms. The second kappa shape index (κ2) is 8.77. The van der Waals surface area contributed by atoms with Gasteiger partial charge in [-0.1, -0.05) is 13.0 Å². The standard InChI is InChI=1S/C18H26F2N2O.ClH/c1-12(13-5-4-8-21-11-13)9-17(23)22-18(2,3)14-6-7-15(19)16(20)10-14;/h6-7,10,12-13,21H,4-5,8-9,11H2,1-3H3,(H,22,23);1H. The van der Waals surface area contributed by atoms with Crippen LogP contribution in [-0.2, 0) is 10.3 Å². The van der Waals surface area contributed by atoms with Crippen LogP contribution in [0, 0.1) is 23.5 Å². The molecule has 1 aromatic carbocycles. The molecule has 1 aliphatic rings. The zero-order chi connectivity index (χ0) is 17.0. The Hall–Kier alpha value is -1.20. The van der Waals surface area contributed by atoms with Crippen LogP contribution in [0.3, 0.4) is 0 Å². The van der Waals surface area contributed by atoms with E-state index in [1.54, 1.807) is 13.8 Å². The van der Waals surface area contributed by atoms with Crippen molar-refractivity contribution >= 4 is 18.3 Å². The molecule has 0 aromatic heterocycles. The van der Waals surface area contributed by atoms with E-state index in [9.17, 15) is 13.6 Å². The van der Waals surface area contributed by atoms with Crippen molar-refractivity contribution in [3.05, 3.63) is 35.4 Å². The van der Waals surface area contributed by atoms with E-state index in [1.165, 1.54) is 6.07 Å². The van der Waals surface area contributed by atoms with Gasteiger partial charge in [0.25, 0.3) is 0 Å². The van der Waals surface area contributed by atoms with E-state index < -0.39 is 17.2 Å². The minimum Gasteiger partial charge on any atom is -0.347 e. The van der Waals surface area contributed by atoms with E-state index in [4.69, 9.17) is 0 Å². The van der Waals surface area contributed by atoms with Crippen LogP contribution in [0.5, 0.6) is 0 Å². The SMILES string of the molecule is CC(CC(=O)NC(C)(C)c1ccc(F)c(F)c1)C1CCCNC1.Cl. The Labute approximate surface area is 149 Å². The van der Waals surface area contributed by atoms with Gasteiger partial charge in [-0.2, -0.15) is 0 Å². The lowest BCUT2D eigenvalue weighted by Crippen LogP contribution is -2.42. The van der Waals surface area contributed by atoms with Gasteiger partial charge in [0.15, 0.2) is 11.6 Å². The van der Waals surface area contributed by atoms with E-state index in [0.717, 1.165) is 38.1 Å². The predicted octanol–water partition coefficient (Wildman–Crippen LogP) is 3.76. The molecule has 136 valence electrons. The normalized spacial score (nSPS) is 19.3. The first-order valence-corrected chi connectivity index (χ1v) is 8.27. The number of hydrogen-bond donors (Lipinski definition) is 2. The Morgan fingerprint density at radius 1 is 1.38 bits per heavy atom. The van der Waals surface area contributed by atoms with Crippen LogP contribution in [0.15, 0.2) is 18.2 Å². The quantitative estimate of drug-likeness (QED) is 0.839. The van der Waals surface area contributed by atoms with Crippen LogP contribution in [0.1, 0.15) is 45.6 Å². The average Bonchev–Trinajstić information content (AvgIpc) is 2.50. The van der Waals surface area contributed by atoms with Crippen molar-refractivity contribution < 1.29 is 13.6 Å². The number of carbonyl (C=O) groups is 1. The smallest absolute Gasteiger partial charge is 0.220 e. The molecule has 1 amide bonds. The lowest BCUT2D eigenvalue weighted by atomic mass is 9.85. The highest BCUT2D eigenvalue weighted by Gasteiger charge is 2.27. The van der Waals surface area contributed by atoms with E-state index in [-0.39, 0.29) is 18.3 Å². The van der Waals surface area contributed by atoms with Crippen LogP contribution in [-0.4, -0.2) is 19.0 Å². The molecular formula is C18H27ClF2N2O. The molecule has 6 heteroatoms. The molecule has 3 nitrogen and oxygen atoms in total. The third-order valence-corrected chi connectivity index (χ3v) is 4.74. The van der Waals surface area contributed by atoms with E-state index in [0.29, 0.717) is 23.8 Å². The zero-order valence-electron chi connectivity index (χ0n) is 14.5. The van der Waals surface area contributed by atoms with Crippen LogP contribution in [0.2, 0.25) is 0 Å². The minimum atomic E-state index is -0.897. The fourth-order valence-corrected chi connectivity index (χ4v) is 3.18. The van der Waals surface area contributed by atoms with Gasteiger partial charge >= 0.3 is 0 Å². The average molecular weight is 361 g/mol. The van der Waals surface area contributed by atoms with Gasteiger partial charge in [0.05, 0.1) is 5.54 Å². The molecule has 0 aliphatic carbocycles. The van der Waals surface area contributed by atoms with Gasteiger partial charge in [0, 0.05) is 6.42 Å². The molecule has 2 atom stereocenters. The minimum absolute atomic E-state index is 0. The summed E-state index contributed by atoms with van der Waals surface area (Å²) in [6, 6.07) is 3.74. The third kappa shape index (κ3) is 5.42. The second-order valence-electron chi connectivity index (χ2n) is 7.09. The summed E-state index contributed by atoms with van der Waals surface area (Å²) in [6.07, 6.45) is 2.74. The summed E-state index contributed by atoms with van der Waals surface area (Å²) in [6.45, 7) is 7.70. The van der Waals surface area contributed by atoms with Crippen LogP contribution < -0.4 is 10.6 Å². The lowest BCUT2D eigenvalue weighted by Gasteiger charge is -2.31. The molecule has 1 aliphatic heterocycles. The van der Waals surface area contributed by atoms with E-state index in [1.807, 2.05) is 0 Å². The summed E-state index contributed by atoms with van der Waals surface area (Å²) in [7, 11) is 0. The summed E-state index contributed by atoms with van der Waals surface area (Å²) in [5.74, 6) is -1.02. The summed E-state index contributed by atoms with van der Waals surface area (Å²) in [5, 5.41) is 6.31. The number of halogens is 3. The highest BCUT2D eigenvalue weighted by molar-refractivity contribution is 5.85. The Kier molecular flexibility index (Phi) is 7.61. The molecule has 1 aromatic rings. The van der Waals surface area contributed by atoms with Crippen LogP contribution in [0.4, 0.5) is 8.78 Å². The maximum atomic E-state index is 13.4. The number of carbonyl (C=O) groups excluding carboxylic acids is 1. The highest BCUT2D eigenvalue weighted by Crippen LogP contribution is 2.25. The molecule has 1 saturated heterocycles. The van der Waals surface area contributed by atoms with Gasteiger partial charge in [-0.05, 0) is 69.3 Å². The van der Waals surface area contributed by atoms with Crippen molar-refractivity contribution in [2.75, 3.05) is 13.1 Å². The molecule has 0 radical (unpaired) electrons. The molecule has 2 unspecified atom stereocenters. The molecule has 0 bridgehead atoms. The monoisotopic (exact) mass is 360 g/mol. The Morgan fingerprint density at radius 2 is 2.08 bits per heavy atom. The number of piperidine rings is 1. The summed E-state index contributed by atoms with van der Waals surface area (Å²) >= 11 is 0. The van der Waals surface area contributed by atoms with Crippen molar-refractivity contribution in [1.29, 1.82) is 0 Å². The summed E-state index contributed by atoms with van der Waals surface area (Å²) in [5.41, 5.74) is -0.187. The molecule has 24 heavy (non-hydrogen) atoms. The van der Waals surface area contributed by atoms with Crippen molar-refractivity contribution in [3.8, 4) is 0 Å². The number of amides is 1. The first-order valence-electron chi connectivity index (χ1n) is 8.27. The third-order valence-electron chi connectivity index (χ3n) is 4.74. The van der Waals surface area contributed by atoms with Crippen LogP contribution >= 0.6 is 12.4 Å². The van der Waals surface area contributed by atoms with E-state index >= 15 is 0 Å². The maximum Gasteiger partial charge on any atom is 0.220 e. The molecule has 0 saturated carbocycles. The fraction of sp³-hybridized carbons (Fsp3) is 0.611. The van der Waals surface area contributed by atoms with Crippen LogP contribution in [0.25, 0.3) is 0 Å². The number of hydrogen-bond acceptors (Lipinski definition) is 2.